The molecule has 0 bridgehead atoms. The summed E-state index contributed by atoms with van der Waals surface area (Å²) in [7, 11) is -3.78. The third kappa shape index (κ3) is 2.54. The summed E-state index contributed by atoms with van der Waals surface area (Å²) in [5.41, 5.74) is -0.434. The summed E-state index contributed by atoms with van der Waals surface area (Å²) in [5, 5.41) is 10.4. The van der Waals surface area contributed by atoms with E-state index in [1.165, 1.54) is 0 Å². The van der Waals surface area contributed by atoms with Crippen LogP contribution in [0, 0.1) is 15.9 Å². The molecule has 7 heteroatoms. The van der Waals surface area contributed by atoms with Gasteiger partial charge in [0.05, 0.1) is 10.7 Å². The van der Waals surface area contributed by atoms with Gasteiger partial charge >= 0.3 is 0 Å². The van der Waals surface area contributed by atoms with Crippen LogP contribution in [0.4, 0.5) is 10.1 Å². The second-order valence-electron chi connectivity index (χ2n) is 3.19. The van der Waals surface area contributed by atoms with Crippen molar-refractivity contribution >= 4 is 15.5 Å². The zero-order chi connectivity index (χ0) is 12.3. The first-order chi connectivity index (χ1) is 7.38. The number of rotatable bonds is 4. The summed E-state index contributed by atoms with van der Waals surface area (Å²) in [6.07, 6.45) is 0.324. The first-order valence-corrected chi connectivity index (χ1v) is 6.20. The molecule has 0 aliphatic heterocycles. The van der Waals surface area contributed by atoms with Gasteiger partial charge in [0.15, 0.2) is 9.84 Å². The molecular formula is C9H10FNO4S. The monoisotopic (exact) mass is 247 g/mol. The summed E-state index contributed by atoms with van der Waals surface area (Å²) in [5.74, 6) is -1.19. The van der Waals surface area contributed by atoms with Gasteiger partial charge in [-0.25, -0.2) is 12.8 Å². The number of hydrogen-bond donors (Lipinski definition) is 0. The summed E-state index contributed by atoms with van der Waals surface area (Å²) in [6, 6.07) is 2.47. The number of benzene rings is 1. The maximum atomic E-state index is 13.3. The molecule has 0 N–H and O–H groups in total. The maximum Gasteiger partial charge on any atom is 0.270 e. The highest BCUT2D eigenvalue weighted by Crippen LogP contribution is 2.22. The van der Waals surface area contributed by atoms with Crippen LogP contribution in [0.25, 0.3) is 0 Å². The molecule has 0 unspecified atom stereocenters. The topological polar surface area (TPSA) is 77.3 Å². The van der Waals surface area contributed by atoms with Crippen molar-refractivity contribution in [3.05, 3.63) is 34.1 Å². The van der Waals surface area contributed by atoms with Crippen molar-refractivity contribution in [2.75, 3.05) is 5.75 Å². The number of nitro groups is 1. The molecule has 0 aromatic heterocycles. The fourth-order valence-electron chi connectivity index (χ4n) is 1.22. The maximum absolute atomic E-state index is 13.3. The molecule has 0 radical (unpaired) electrons. The lowest BCUT2D eigenvalue weighted by atomic mass is 10.3. The molecule has 16 heavy (non-hydrogen) atoms. The SMILES string of the molecule is CCCS(=O)(=O)c1cc([N+](=O)[O-])ccc1F. The van der Waals surface area contributed by atoms with E-state index in [4.69, 9.17) is 0 Å². The number of non-ortho nitro benzene ring substituents is 1. The molecule has 0 saturated carbocycles. The van der Waals surface area contributed by atoms with Crippen LogP contribution < -0.4 is 0 Å². The Kier molecular flexibility index (Phi) is 3.58. The second-order valence-corrected chi connectivity index (χ2v) is 5.27. The van der Waals surface area contributed by atoms with Crippen molar-refractivity contribution < 1.29 is 17.7 Å². The van der Waals surface area contributed by atoms with Crippen molar-refractivity contribution in [1.29, 1.82) is 0 Å². The lowest BCUT2D eigenvalue weighted by molar-refractivity contribution is -0.385. The standard InChI is InChI=1S/C9H10FNO4S/c1-2-5-16(14,15)9-6-7(11(12)13)3-4-8(9)10/h3-4,6H,2,5H2,1H3. The highest BCUT2D eigenvalue weighted by atomic mass is 32.2. The van der Waals surface area contributed by atoms with E-state index >= 15 is 0 Å². The molecule has 0 heterocycles. The number of nitro benzene ring substituents is 1. The van der Waals surface area contributed by atoms with Gasteiger partial charge < -0.3 is 0 Å². The van der Waals surface area contributed by atoms with Gasteiger partial charge in [0.1, 0.15) is 10.7 Å². The fraction of sp³-hybridized carbons (Fsp3) is 0.333. The first-order valence-electron chi connectivity index (χ1n) is 4.55. The van der Waals surface area contributed by atoms with E-state index < -0.39 is 31.2 Å². The van der Waals surface area contributed by atoms with Crippen molar-refractivity contribution in [3.8, 4) is 0 Å². The lowest BCUT2D eigenvalue weighted by Crippen LogP contribution is -2.08. The van der Waals surface area contributed by atoms with Crippen LogP contribution in [-0.4, -0.2) is 19.1 Å². The zero-order valence-electron chi connectivity index (χ0n) is 8.51. The Bertz CT molecular complexity index is 512. The largest absolute Gasteiger partial charge is 0.270 e. The van der Waals surface area contributed by atoms with E-state index in [0.717, 1.165) is 18.2 Å². The fourth-order valence-corrected chi connectivity index (χ4v) is 2.65. The van der Waals surface area contributed by atoms with Crippen molar-refractivity contribution in [3.63, 3.8) is 0 Å². The van der Waals surface area contributed by atoms with E-state index in [1.54, 1.807) is 6.92 Å². The van der Waals surface area contributed by atoms with Gasteiger partial charge in [0.25, 0.3) is 5.69 Å². The number of halogens is 1. The molecule has 0 spiro atoms. The van der Waals surface area contributed by atoms with Crippen molar-refractivity contribution in [2.45, 2.75) is 18.2 Å². The number of nitrogens with zero attached hydrogens (tertiary/aromatic N) is 1. The molecule has 0 aliphatic rings. The normalized spacial score (nSPS) is 11.4. The number of sulfone groups is 1. The Labute approximate surface area is 92.0 Å². The van der Waals surface area contributed by atoms with E-state index in [9.17, 15) is 22.9 Å². The summed E-state index contributed by atoms with van der Waals surface area (Å²) >= 11 is 0. The molecule has 1 rings (SSSR count). The molecule has 1 aromatic carbocycles. The van der Waals surface area contributed by atoms with Gasteiger partial charge in [-0.1, -0.05) is 6.92 Å². The Morgan fingerprint density at radius 3 is 2.56 bits per heavy atom. The van der Waals surface area contributed by atoms with Crippen LogP contribution >= 0.6 is 0 Å². The predicted molar refractivity (Wildman–Crippen MR) is 55.4 cm³/mol. The first kappa shape index (κ1) is 12.6. The molecular weight excluding hydrogens is 237 g/mol. The van der Waals surface area contributed by atoms with Crippen LogP contribution in [0.5, 0.6) is 0 Å². The quantitative estimate of drug-likeness (QED) is 0.601. The van der Waals surface area contributed by atoms with E-state index in [0.29, 0.717) is 6.42 Å². The van der Waals surface area contributed by atoms with Crippen LogP contribution in [-0.2, 0) is 9.84 Å². The van der Waals surface area contributed by atoms with E-state index in [1.807, 2.05) is 0 Å². The molecule has 0 atom stereocenters. The Balaban J connectivity index is 3.33. The molecule has 1 aromatic rings. The lowest BCUT2D eigenvalue weighted by Gasteiger charge is -2.03. The third-order valence-electron chi connectivity index (χ3n) is 1.93. The minimum Gasteiger partial charge on any atom is -0.258 e. The van der Waals surface area contributed by atoms with Gasteiger partial charge in [-0.05, 0) is 12.5 Å². The van der Waals surface area contributed by atoms with Gasteiger partial charge in [0, 0.05) is 12.1 Å². The number of hydrogen-bond acceptors (Lipinski definition) is 4. The molecule has 0 fully saturated rings. The average Bonchev–Trinajstić information content (AvgIpc) is 2.17. The van der Waals surface area contributed by atoms with Gasteiger partial charge in [-0.3, -0.25) is 10.1 Å². The second kappa shape index (κ2) is 4.56. The van der Waals surface area contributed by atoms with Crippen molar-refractivity contribution in [2.24, 2.45) is 0 Å². The Morgan fingerprint density at radius 2 is 2.06 bits per heavy atom. The Hall–Kier alpha value is -1.50. The average molecular weight is 247 g/mol. The molecule has 0 aliphatic carbocycles. The molecule has 0 saturated heterocycles. The van der Waals surface area contributed by atoms with Crippen molar-refractivity contribution in [1.82, 2.24) is 0 Å². The summed E-state index contributed by atoms with van der Waals surface area (Å²) < 4.78 is 36.4. The van der Waals surface area contributed by atoms with Crippen LogP contribution in [0.3, 0.4) is 0 Å². The summed E-state index contributed by atoms with van der Waals surface area (Å²) in [4.78, 5) is 9.07. The van der Waals surface area contributed by atoms with Gasteiger partial charge in [-0.15, -0.1) is 0 Å². The highest BCUT2D eigenvalue weighted by Gasteiger charge is 2.21. The minimum absolute atomic E-state index is 0.231. The van der Waals surface area contributed by atoms with Crippen LogP contribution in [0.2, 0.25) is 0 Å². The van der Waals surface area contributed by atoms with E-state index in [2.05, 4.69) is 0 Å². The highest BCUT2D eigenvalue weighted by molar-refractivity contribution is 7.91. The van der Waals surface area contributed by atoms with E-state index in [-0.39, 0.29) is 5.75 Å². The van der Waals surface area contributed by atoms with Crippen LogP contribution in [0.15, 0.2) is 23.1 Å². The molecule has 88 valence electrons. The molecule has 5 nitrogen and oxygen atoms in total. The van der Waals surface area contributed by atoms with Gasteiger partial charge in [-0.2, -0.15) is 0 Å². The third-order valence-corrected chi connectivity index (χ3v) is 3.86. The van der Waals surface area contributed by atoms with Crippen LogP contribution in [0.1, 0.15) is 13.3 Å². The van der Waals surface area contributed by atoms with Gasteiger partial charge in [0.2, 0.25) is 0 Å². The summed E-state index contributed by atoms with van der Waals surface area (Å²) in [6.45, 7) is 1.63. The molecule has 0 amide bonds. The zero-order valence-corrected chi connectivity index (χ0v) is 9.33. The Morgan fingerprint density at radius 1 is 1.44 bits per heavy atom. The predicted octanol–water partition coefficient (Wildman–Crippen LogP) is 1.92. The smallest absolute Gasteiger partial charge is 0.258 e. The minimum atomic E-state index is -3.78.